The van der Waals surface area contributed by atoms with Crippen molar-refractivity contribution in [3.63, 3.8) is 0 Å². The van der Waals surface area contributed by atoms with Crippen molar-refractivity contribution < 1.29 is 19.3 Å². The van der Waals surface area contributed by atoms with Crippen LogP contribution in [0.25, 0.3) is 5.52 Å². The number of ether oxygens (including phenoxy) is 1. The predicted molar refractivity (Wildman–Crippen MR) is 76.3 cm³/mol. The maximum atomic E-state index is 14.3. The Morgan fingerprint density at radius 2 is 2.25 bits per heavy atom. The highest BCUT2D eigenvalue weighted by Crippen LogP contribution is 2.42. The summed E-state index contributed by atoms with van der Waals surface area (Å²) < 4.78 is 21.1. The molecule has 0 bridgehead atoms. The number of aliphatic hydroxyl groups excluding tert-OH is 2. The molecule has 0 aromatic carbocycles. The van der Waals surface area contributed by atoms with E-state index < -0.39 is 24.2 Å². The molecule has 1 saturated heterocycles. The van der Waals surface area contributed by atoms with Crippen molar-refractivity contribution in [1.29, 1.82) is 0 Å². The Morgan fingerprint density at radius 3 is 2.90 bits per heavy atom. The molecule has 1 fully saturated rings. The van der Waals surface area contributed by atoms with Crippen LogP contribution in [0.3, 0.4) is 0 Å². The van der Waals surface area contributed by atoms with E-state index in [2.05, 4.69) is 10.1 Å². The van der Waals surface area contributed by atoms with Gasteiger partial charge in [0.05, 0.1) is 21.3 Å². The standard InChI is InChI=1S/C12H13FIN3O3/c1-6-7-2-3-8(17(7)16-5-15-6)10-9(18)11(19)12(13,4-14)20-10/h2-3,5,9-11,18-19H,4H2,1H3/t9-,10-,11-,12+/m0/s1. The molecule has 0 amide bonds. The van der Waals surface area contributed by atoms with Gasteiger partial charge in [0.15, 0.2) is 0 Å². The molecule has 20 heavy (non-hydrogen) atoms. The summed E-state index contributed by atoms with van der Waals surface area (Å²) in [6.45, 7) is 1.83. The van der Waals surface area contributed by atoms with Gasteiger partial charge in [0.1, 0.15) is 24.6 Å². The van der Waals surface area contributed by atoms with Crippen molar-refractivity contribution in [3.8, 4) is 0 Å². The molecule has 0 radical (unpaired) electrons. The van der Waals surface area contributed by atoms with Crippen LogP contribution in [0.1, 0.15) is 17.5 Å². The summed E-state index contributed by atoms with van der Waals surface area (Å²) in [5.74, 6) is -2.25. The number of aliphatic hydroxyl groups is 2. The first-order valence-corrected chi connectivity index (χ1v) is 7.58. The number of hydrogen-bond acceptors (Lipinski definition) is 5. The lowest BCUT2D eigenvalue weighted by Crippen LogP contribution is -2.40. The van der Waals surface area contributed by atoms with E-state index in [9.17, 15) is 14.6 Å². The van der Waals surface area contributed by atoms with Gasteiger partial charge >= 0.3 is 0 Å². The highest BCUT2D eigenvalue weighted by atomic mass is 127. The minimum atomic E-state index is -2.25. The quantitative estimate of drug-likeness (QED) is 0.587. The molecule has 1 aliphatic heterocycles. The summed E-state index contributed by atoms with van der Waals surface area (Å²) >= 11 is 1.78. The fourth-order valence-corrected chi connectivity index (χ4v) is 3.04. The molecule has 108 valence electrons. The Balaban J connectivity index is 2.06. The van der Waals surface area contributed by atoms with Crippen LogP contribution in [0, 0.1) is 6.92 Å². The first kappa shape index (κ1) is 14.1. The maximum Gasteiger partial charge on any atom is 0.247 e. The van der Waals surface area contributed by atoms with Gasteiger partial charge in [0.25, 0.3) is 0 Å². The molecule has 2 N–H and O–H groups in total. The van der Waals surface area contributed by atoms with E-state index in [-0.39, 0.29) is 4.43 Å². The smallest absolute Gasteiger partial charge is 0.247 e. The SMILES string of the molecule is Cc1ncnn2c([C@@H]3O[C@](F)(CI)[C@@H](O)[C@H]3O)ccc12. The highest BCUT2D eigenvalue weighted by Gasteiger charge is 2.55. The summed E-state index contributed by atoms with van der Waals surface area (Å²) in [6.07, 6.45) is -2.52. The molecular weight excluding hydrogens is 380 g/mol. The number of halogens is 2. The number of nitrogens with zero attached hydrogens (tertiary/aromatic N) is 3. The monoisotopic (exact) mass is 393 g/mol. The van der Waals surface area contributed by atoms with Crippen molar-refractivity contribution >= 4 is 28.1 Å². The molecule has 0 spiro atoms. The van der Waals surface area contributed by atoms with Gasteiger partial charge in [-0.3, -0.25) is 0 Å². The average molecular weight is 393 g/mol. The second kappa shape index (κ2) is 4.86. The largest absolute Gasteiger partial charge is 0.387 e. The van der Waals surface area contributed by atoms with Crippen LogP contribution in [-0.2, 0) is 4.74 Å². The number of rotatable bonds is 2. The van der Waals surface area contributed by atoms with Gasteiger partial charge in [-0.1, -0.05) is 22.6 Å². The zero-order valence-corrected chi connectivity index (χ0v) is 12.7. The minimum absolute atomic E-state index is 0.0726. The number of aryl methyl sites for hydroxylation is 1. The van der Waals surface area contributed by atoms with E-state index in [1.807, 2.05) is 6.92 Å². The van der Waals surface area contributed by atoms with Gasteiger partial charge in [0.2, 0.25) is 5.85 Å². The number of fused-ring (bicyclic) bond motifs is 1. The highest BCUT2D eigenvalue weighted by molar-refractivity contribution is 14.1. The van der Waals surface area contributed by atoms with E-state index in [0.717, 1.165) is 11.2 Å². The molecule has 1 aliphatic rings. The summed E-state index contributed by atoms with van der Waals surface area (Å²) in [5, 5.41) is 24.0. The molecule has 2 aromatic rings. The van der Waals surface area contributed by atoms with Crippen LogP contribution in [0.4, 0.5) is 4.39 Å². The Bertz CT molecular complexity index is 652. The molecule has 3 heterocycles. The van der Waals surface area contributed by atoms with Gasteiger partial charge in [-0.05, 0) is 19.1 Å². The Morgan fingerprint density at radius 1 is 1.50 bits per heavy atom. The third-order valence-corrected chi connectivity index (χ3v) is 4.59. The van der Waals surface area contributed by atoms with Crippen molar-refractivity contribution in [1.82, 2.24) is 14.6 Å². The minimum Gasteiger partial charge on any atom is -0.387 e. The Labute approximate surface area is 127 Å². The molecular formula is C12H13FIN3O3. The zero-order chi connectivity index (χ0) is 14.5. The van der Waals surface area contributed by atoms with Crippen LogP contribution >= 0.6 is 22.6 Å². The van der Waals surface area contributed by atoms with Crippen LogP contribution in [0.2, 0.25) is 0 Å². The lowest BCUT2D eigenvalue weighted by molar-refractivity contribution is -0.156. The number of aromatic nitrogens is 3. The zero-order valence-electron chi connectivity index (χ0n) is 10.6. The van der Waals surface area contributed by atoms with Gasteiger partial charge in [-0.2, -0.15) is 5.10 Å². The fraction of sp³-hybridized carbons (Fsp3) is 0.500. The summed E-state index contributed by atoms with van der Waals surface area (Å²) in [7, 11) is 0. The van der Waals surface area contributed by atoms with Crippen molar-refractivity contribution in [2.75, 3.05) is 4.43 Å². The van der Waals surface area contributed by atoms with E-state index in [1.165, 1.54) is 6.33 Å². The third-order valence-electron chi connectivity index (χ3n) is 3.55. The molecule has 4 atom stereocenters. The van der Waals surface area contributed by atoms with Crippen LogP contribution in [0.5, 0.6) is 0 Å². The van der Waals surface area contributed by atoms with Crippen molar-refractivity contribution in [2.45, 2.75) is 31.1 Å². The lowest BCUT2D eigenvalue weighted by atomic mass is 10.1. The summed E-state index contributed by atoms with van der Waals surface area (Å²) in [6, 6.07) is 3.46. The van der Waals surface area contributed by atoms with Crippen molar-refractivity contribution in [2.24, 2.45) is 0 Å². The van der Waals surface area contributed by atoms with E-state index in [1.54, 1.807) is 39.2 Å². The van der Waals surface area contributed by atoms with Gasteiger partial charge in [0, 0.05) is 0 Å². The van der Waals surface area contributed by atoms with Crippen LogP contribution in [-0.4, -0.2) is 47.3 Å². The topological polar surface area (TPSA) is 79.9 Å². The van der Waals surface area contributed by atoms with Crippen LogP contribution < -0.4 is 0 Å². The summed E-state index contributed by atoms with van der Waals surface area (Å²) in [5.41, 5.74) is 2.00. The molecule has 6 nitrogen and oxygen atoms in total. The first-order valence-electron chi connectivity index (χ1n) is 6.06. The molecule has 8 heteroatoms. The molecule has 0 unspecified atom stereocenters. The normalized spacial score (nSPS) is 34.0. The second-order valence-corrected chi connectivity index (χ2v) is 5.56. The van der Waals surface area contributed by atoms with E-state index in [0.29, 0.717) is 5.69 Å². The third kappa shape index (κ3) is 1.93. The molecule has 0 saturated carbocycles. The number of hydrogen-bond donors (Lipinski definition) is 2. The van der Waals surface area contributed by atoms with Gasteiger partial charge in [-0.15, -0.1) is 0 Å². The van der Waals surface area contributed by atoms with Crippen LogP contribution in [0.15, 0.2) is 18.5 Å². The average Bonchev–Trinajstić information content (AvgIpc) is 2.96. The fourth-order valence-electron chi connectivity index (χ4n) is 2.41. The number of alkyl halides is 2. The Hall–Kier alpha value is -0.840. The van der Waals surface area contributed by atoms with Gasteiger partial charge in [-0.25, -0.2) is 13.9 Å². The van der Waals surface area contributed by atoms with E-state index >= 15 is 0 Å². The second-order valence-electron chi connectivity index (χ2n) is 4.79. The molecule has 2 aromatic heterocycles. The Kier molecular flexibility index (Phi) is 3.43. The van der Waals surface area contributed by atoms with Crippen molar-refractivity contribution in [3.05, 3.63) is 29.8 Å². The lowest BCUT2D eigenvalue weighted by Gasteiger charge is -2.19. The predicted octanol–water partition coefficient (Wildman–Crippen LogP) is 0.932. The summed E-state index contributed by atoms with van der Waals surface area (Å²) in [4.78, 5) is 4.07. The van der Waals surface area contributed by atoms with Gasteiger partial charge < -0.3 is 14.9 Å². The maximum absolute atomic E-state index is 14.3. The first-order chi connectivity index (χ1) is 9.48. The van der Waals surface area contributed by atoms with E-state index in [4.69, 9.17) is 4.74 Å². The molecule has 0 aliphatic carbocycles. The molecule has 3 rings (SSSR count).